The van der Waals surface area contributed by atoms with Gasteiger partial charge in [0.05, 0.1) is 6.54 Å². The predicted molar refractivity (Wildman–Crippen MR) is 89.7 cm³/mol. The lowest BCUT2D eigenvalue weighted by atomic mass is 10.1. The van der Waals surface area contributed by atoms with E-state index in [1.165, 1.54) is 15.3 Å². The summed E-state index contributed by atoms with van der Waals surface area (Å²) in [6.07, 6.45) is 1.38. The van der Waals surface area contributed by atoms with Crippen LogP contribution in [0.15, 0.2) is 36.4 Å². The first-order valence-electron chi connectivity index (χ1n) is 7.28. The van der Waals surface area contributed by atoms with Gasteiger partial charge in [0.15, 0.2) is 0 Å². The minimum atomic E-state index is 0.0767. The molecule has 0 saturated heterocycles. The van der Waals surface area contributed by atoms with Crippen LogP contribution in [0.25, 0.3) is 0 Å². The maximum absolute atomic E-state index is 12.4. The quantitative estimate of drug-likeness (QED) is 0.887. The molecule has 2 N–H and O–H groups in total. The summed E-state index contributed by atoms with van der Waals surface area (Å²) in [5.41, 5.74) is 7.76. The Bertz CT molecular complexity index is 589. The van der Waals surface area contributed by atoms with Crippen molar-refractivity contribution >= 4 is 22.9 Å². The molecule has 0 fully saturated rings. The summed E-state index contributed by atoms with van der Waals surface area (Å²) in [4.78, 5) is 16.6. The van der Waals surface area contributed by atoms with Gasteiger partial charge in [-0.1, -0.05) is 19.1 Å². The Kier molecular flexibility index (Phi) is 5.53. The first-order chi connectivity index (χ1) is 10.1. The Labute approximate surface area is 130 Å². The van der Waals surface area contributed by atoms with E-state index >= 15 is 0 Å². The molecule has 3 nitrogen and oxygen atoms in total. The number of anilines is 1. The van der Waals surface area contributed by atoms with E-state index in [2.05, 4.69) is 38.1 Å². The van der Waals surface area contributed by atoms with Crippen molar-refractivity contribution < 1.29 is 4.79 Å². The molecule has 0 aliphatic rings. The maximum atomic E-state index is 12.4. The topological polar surface area (TPSA) is 46.3 Å². The zero-order chi connectivity index (χ0) is 15.2. The van der Waals surface area contributed by atoms with Gasteiger partial charge in [-0.05, 0) is 43.2 Å². The van der Waals surface area contributed by atoms with Crippen molar-refractivity contribution in [3.05, 3.63) is 51.7 Å². The van der Waals surface area contributed by atoms with Gasteiger partial charge in [-0.2, -0.15) is 0 Å². The third-order valence-electron chi connectivity index (χ3n) is 3.43. The number of nitrogens with two attached hydrogens (primary N) is 1. The van der Waals surface area contributed by atoms with E-state index in [9.17, 15) is 4.79 Å². The van der Waals surface area contributed by atoms with Gasteiger partial charge in [0.2, 0.25) is 5.91 Å². The van der Waals surface area contributed by atoms with Crippen LogP contribution in [0.3, 0.4) is 0 Å². The van der Waals surface area contributed by atoms with Gasteiger partial charge in [-0.25, -0.2) is 0 Å². The van der Waals surface area contributed by atoms with E-state index in [1.807, 2.05) is 17.0 Å². The fourth-order valence-corrected chi connectivity index (χ4v) is 3.10. The highest BCUT2D eigenvalue weighted by atomic mass is 32.1. The van der Waals surface area contributed by atoms with Gasteiger partial charge in [0.1, 0.15) is 0 Å². The molecule has 2 aromatic rings. The second kappa shape index (κ2) is 7.38. The number of aryl methyl sites for hydroxylation is 2. The fourth-order valence-electron chi connectivity index (χ4n) is 2.22. The van der Waals surface area contributed by atoms with Crippen molar-refractivity contribution in [1.29, 1.82) is 0 Å². The van der Waals surface area contributed by atoms with Crippen LogP contribution < -0.4 is 10.6 Å². The number of benzene rings is 1. The van der Waals surface area contributed by atoms with Crippen molar-refractivity contribution in [3.63, 3.8) is 0 Å². The molecular formula is C17H22N2OS. The number of carbonyl (C=O) groups is 1. The highest BCUT2D eigenvalue weighted by Crippen LogP contribution is 2.23. The number of nitrogens with zero attached hydrogens (tertiary/aromatic N) is 1. The van der Waals surface area contributed by atoms with Gasteiger partial charge < -0.3 is 10.6 Å². The van der Waals surface area contributed by atoms with Crippen molar-refractivity contribution in [3.8, 4) is 0 Å². The van der Waals surface area contributed by atoms with Gasteiger partial charge in [-0.15, -0.1) is 11.3 Å². The van der Waals surface area contributed by atoms with Crippen LogP contribution in [0.1, 0.15) is 28.7 Å². The summed E-state index contributed by atoms with van der Waals surface area (Å²) < 4.78 is 0. The van der Waals surface area contributed by atoms with Gasteiger partial charge >= 0.3 is 0 Å². The largest absolute Gasteiger partial charge is 0.330 e. The Balaban J connectivity index is 2.23. The minimum Gasteiger partial charge on any atom is -0.330 e. The molecule has 1 amide bonds. The normalized spacial score (nSPS) is 10.6. The van der Waals surface area contributed by atoms with Crippen LogP contribution >= 0.6 is 11.3 Å². The predicted octanol–water partition coefficient (Wildman–Crippen LogP) is 3.50. The summed E-state index contributed by atoms with van der Waals surface area (Å²) in [6, 6.07) is 12.4. The van der Waals surface area contributed by atoms with Crippen LogP contribution in [0.5, 0.6) is 0 Å². The molecular weight excluding hydrogens is 280 g/mol. The minimum absolute atomic E-state index is 0.0767. The van der Waals surface area contributed by atoms with Gasteiger partial charge in [0, 0.05) is 28.4 Å². The molecule has 0 atom stereocenters. The highest BCUT2D eigenvalue weighted by Gasteiger charge is 2.16. The van der Waals surface area contributed by atoms with E-state index in [1.54, 1.807) is 11.3 Å². The standard InChI is InChI=1S/C17H22N2OS/c1-3-14-5-7-15(8-6-14)19(17(20)10-11-18)12-16-9-4-13(2)21-16/h4-9H,3,10-12,18H2,1-2H3. The lowest BCUT2D eigenvalue weighted by molar-refractivity contribution is -0.118. The number of hydrogen-bond donors (Lipinski definition) is 1. The molecule has 0 aliphatic carbocycles. The van der Waals surface area contributed by atoms with E-state index in [0.29, 0.717) is 19.5 Å². The molecule has 0 bridgehead atoms. The second-order valence-corrected chi connectivity index (χ2v) is 6.42. The van der Waals surface area contributed by atoms with Crippen molar-refractivity contribution in [2.75, 3.05) is 11.4 Å². The third-order valence-corrected chi connectivity index (χ3v) is 4.41. The number of carbonyl (C=O) groups excluding carboxylic acids is 1. The maximum Gasteiger partial charge on any atom is 0.228 e. The first-order valence-corrected chi connectivity index (χ1v) is 8.10. The SMILES string of the molecule is CCc1ccc(N(Cc2ccc(C)s2)C(=O)CCN)cc1. The molecule has 1 heterocycles. The lowest BCUT2D eigenvalue weighted by Gasteiger charge is -2.22. The zero-order valence-corrected chi connectivity index (χ0v) is 13.5. The number of amides is 1. The zero-order valence-electron chi connectivity index (χ0n) is 12.6. The average molecular weight is 302 g/mol. The molecule has 112 valence electrons. The molecule has 21 heavy (non-hydrogen) atoms. The molecule has 1 aromatic carbocycles. The van der Waals surface area contributed by atoms with Crippen molar-refractivity contribution in [1.82, 2.24) is 0 Å². The number of hydrogen-bond acceptors (Lipinski definition) is 3. The molecule has 4 heteroatoms. The average Bonchev–Trinajstić information content (AvgIpc) is 2.90. The fraction of sp³-hybridized carbons (Fsp3) is 0.353. The highest BCUT2D eigenvalue weighted by molar-refractivity contribution is 7.11. The summed E-state index contributed by atoms with van der Waals surface area (Å²) >= 11 is 1.73. The van der Waals surface area contributed by atoms with Crippen molar-refractivity contribution in [2.45, 2.75) is 33.2 Å². The van der Waals surface area contributed by atoms with Gasteiger partial charge in [0.25, 0.3) is 0 Å². The lowest BCUT2D eigenvalue weighted by Crippen LogP contribution is -2.31. The summed E-state index contributed by atoms with van der Waals surface area (Å²) in [6.45, 7) is 5.20. The Morgan fingerprint density at radius 1 is 1.19 bits per heavy atom. The molecule has 0 unspecified atom stereocenters. The number of rotatable bonds is 6. The smallest absolute Gasteiger partial charge is 0.228 e. The Morgan fingerprint density at radius 3 is 2.43 bits per heavy atom. The van der Waals surface area contributed by atoms with E-state index in [4.69, 9.17) is 5.73 Å². The van der Waals surface area contributed by atoms with E-state index < -0.39 is 0 Å². The molecule has 2 rings (SSSR count). The van der Waals surface area contributed by atoms with Crippen molar-refractivity contribution in [2.24, 2.45) is 5.73 Å². The molecule has 1 aromatic heterocycles. The van der Waals surface area contributed by atoms with Crippen LogP contribution in [-0.2, 0) is 17.8 Å². The first kappa shape index (κ1) is 15.7. The van der Waals surface area contributed by atoms with Gasteiger partial charge in [-0.3, -0.25) is 4.79 Å². The van der Waals surface area contributed by atoms with Crippen LogP contribution in [0.4, 0.5) is 5.69 Å². The summed E-state index contributed by atoms with van der Waals surface area (Å²) in [5.74, 6) is 0.0767. The Hall–Kier alpha value is -1.65. The van der Waals surface area contributed by atoms with E-state index in [0.717, 1.165) is 12.1 Å². The summed E-state index contributed by atoms with van der Waals surface area (Å²) in [7, 11) is 0. The molecule has 0 aliphatic heterocycles. The molecule has 0 radical (unpaired) electrons. The molecule has 0 spiro atoms. The third kappa shape index (κ3) is 4.16. The monoisotopic (exact) mass is 302 g/mol. The summed E-state index contributed by atoms with van der Waals surface area (Å²) in [5, 5.41) is 0. The Morgan fingerprint density at radius 2 is 1.90 bits per heavy atom. The number of thiophene rings is 1. The second-order valence-electron chi connectivity index (χ2n) is 5.05. The van der Waals surface area contributed by atoms with Crippen LogP contribution in [0, 0.1) is 6.92 Å². The van der Waals surface area contributed by atoms with Crippen LogP contribution in [0.2, 0.25) is 0 Å². The van der Waals surface area contributed by atoms with E-state index in [-0.39, 0.29) is 5.91 Å². The van der Waals surface area contributed by atoms with Crippen LogP contribution in [-0.4, -0.2) is 12.5 Å². The molecule has 0 saturated carbocycles.